The molecule has 0 nitrogen and oxygen atoms in total. The predicted octanol–water partition coefficient (Wildman–Crippen LogP) is 3.15. The summed E-state index contributed by atoms with van der Waals surface area (Å²) in [5.41, 5.74) is 0. The lowest BCUT2D eigenvalue weighted by Crippen LogP contribution is -2.10. The van der Waals surface area contributed by atoms with Gasteiger partial charge in [-0.3, -0.25) is 0 Å². The summed E-state index contributed by atoms with van der Waals surface area (Å²) < 4.78 is 0. The zero-order chi connectivity index (χ0) is 7.40. The zero-order valence-electron chi connectivity index (χ0n) is 6.43. The minimum absolute atomic E-state index is 0.753. The maximum Gasteiger partial charge on any atom is 0.0351 e. The van der Waals surface area contributed by atoms with Crippen LogP contribution in [0.1, 0.15) is 19.8 Å². The van der Waals surface area contributed by atoms with Gasteiger partial charge >= 0.3 is 0 Å². The Hall–Kier alpha value is 0.440. The third-order valence-electron chi connectivity index (χ3n) is 1.60. The van der Waals surface area contributed by atoms with Gasteiger partial charge in [0.05, 0.1) is 0 Å². The number of thioether (sulfide) groups is 2. The van der Waals surface area contributed by atoms with E-state index in [9.17, 15) is 0 Å². The summed E-state index contributed by atoms with van der Waals surface area (Å²) >= 11 is 4.03. The molecule has 0 N–H and O–H groups in total. The molecular formula is C8H14S2. The molecule has 0 spiro atoms. The molecule has 0 amide bonds. The third kappa shape index (κ3) is 2.24. The first-order valence-corrected chi connectivity index (χ1v) is 5.81. The van der Waals surface area contributed by atoms with E-state index in [1.807, 2.05) is 11.8 Å². The van der Waals surface area contributed by atoms with Gasteiger partial charge in [0.1, 0.15) is 0 Å². The van der Waals surface area contributed by atoms with Gasteiger partial charge in [0.15, 0.2) is 0 Å². The largest absolute Gasteiger partial charge is 0.152 e. The molecule has 10 heavy (non-hydrogen) atoms. The fourth-order valence-electron chi connectivity index (χ4n) is 1.06. The monoisotopic (exact) mass is 174 g/mol. The Morgan fingerprint density at radius 3 is 3.00 bits per heavy atom. The highest BCUT2D eigenvalue weighted by atomic mass is 32.2. The highest BCUT2D eigenvalue weighted by Gasteiger charge is 2.16. The third-order valence-corrected chi connectivity index (χ3v) is 4.43. The molecule has 0 aliphatic carbocycles. The molecule has 1 rings (SSSR count). The van der Waals surface area contributed by atoms with Crippen LogP contribution in [-0.2, 0) is 0 Å². The van der Waals surface area contributed by atoms with E-state index < -0.39 is 0 Å². The van der Waals surface area contributed by atoms with Gasteiger partial charge in [-0.25, -0.2) is 0 Å². The van der Waals surface area contributed by atoms with Crippen LogP contribution in [0.4, 0.5) is 0 Å². The Balaban J connectivity index is 2.32. The molecule has 1 heterocycles. The lowest BCUT2D eigenvalue weighted by Gasteiger charge is -2.22. The van der Waals surface area contributed by atoms with Crippen molar-refractivity contribution in [3.63, 3.8) is 0 Å². The lowest BCUT2D eigenvalue weighted by atomic mass is 10.2. The van der Waals surface area contributed by atoms with Crippen molar-refractivity contribution in [1.82, 2.24) is 0 Å². The molecule has 2 heteroatoms. The van der Waals surface area contributed by atoms with Gasteiger partial charge in [0, 0.05) is 16.8 Å². The average molecular weight is 174 g/mol. The highest BCUT2D eigenvalue weighted by Crippen LogP contribution is 2.35. The molecule has 1 atom stereocenters. The summed E-state index contributed by atoms with van der Waals surface area (Å²) in [6.45, 7) is 6.30. The van der Waals surface area contributed by atoms with Gasteiger partial charge in [0.25, 0.3) is 0 Å². The molecule has 0 bridgehead atoms. The molecule has 0 aromatic carbocycles. The Kier molecular flexibility index (Phi) is 3.71. The van der Waals surface area contributed by atoms with Crippen LogP contribution in [0, 0.1) is 0 Å². The molecule has 0 radical (unpaired) electrons. The minimum atomic E-state index is 0.753. The number of hydrogen-bond donors (Lipinski definition) is 0. The summed E-state index contributed by atoms with van der Waals surface area (Å²) in [5, 5.41) is 0.753. The summed E-state index contributed by atoms with van der Waals surface area (Å²) in [7, 11) is 0. The normalized spacial score (nSPS) is 26.9. The SMILES string of the molecule is C=C1SCCSC1CCC. The molecule has 0 aromatic heterocycles. The fraction of sp³-hybridized carbons (Fsp3) is 0.750. The Labute approximate surface area is 71.8 Å². The van der Waals surface area contributed by atoms with Crippen LogP contribution in [-0.4, -0.2) is 16.8 Å². The van der Waals surface area contributed by atoms with Gasteiger partial charge in [-0.15, -0.1) is 11.8 Å². The average Bonchev–Trinajstić information content (AvgIpc) is 1.94. The first-order chi connectivity index (χ1) is 4.84. The first-order valence-electron chi connectivity index (χ1n) is 3.77. The Morgan fingerprint density at radius 1 is 1.60 bits per heavy atom. The van der Waals surface area contributed by atoms with Gasteiger partial charge in [-0.05, 0) is 11.3 Å². The van der Waals surface area contributed by atoms with E-state index in [-0.39, 0.29) is 0 Å². The van der Waals surface area contributed by atoms with Gasteiger partial charge < -0.3 is 0 Å². The second-order valence-corrected chi connectivity index (χ2v) is 4.99. The van der Waals surface area contributed by atoms with Gasteiger partial charge in [-0.1, -0.05) is 19.9 Å². The smallest absolute Gasteiger partial charge is 0.0351 e. The van der Waals surface area contributed by atoms with Gasteiger partial charge in [0.2, 0.25) is 0 Å². The maximum atomic E-state index is 4.06. The summed E-state index contributed by atoms with van der Waals surface area (Å²) in [4.78, 5) is 1.40. The Morgan fingerprint density at radius 2 is 2.40 bits per heavy atom. The van der Waals surface area contributed by atoms with Crippen LogP contribution >= 0.6 is 23.5 Å². The van der Waals surface area contributed by atoms with Crippen molar-refractivity contribution in [2.45, 2.75) is 25.0 Å². The molecule has 1 aliphatic heterocycles. The van der Waals surface area contributed by atoms with Crippen molar-refractivity contribution < 1.29 is 0 Å². The number of hydrogen-bond acceptors (Lipinski definition) is 2. The summed E-state index contributed by atoms with van der Waals surface area (Å²) in [6, 6.07) is 0. The van der Waals surface area contributed by atoms with Gasteiger partial charge in [-0.2, -0.15) is 11.8 Å². The van der Waals surface area contributed by atoms with E-state index in [1.165, 1.54) is 29.3 Å². The second-order valence-electron chi connectivity index (χ2n) is 2.46. The zero-order valence-corrected chi connectivity index (χ0v) is 8.06. The highest BCUT2D eigenvalue weighted by molar-refractivity contribution is 8.09. The molecular weight excluding hydrogens is 160 g/mol. The lowest BCUT2D eigenvalue weighted by molar-refractivity contribution is 0.821. The van der Waals surface area contributed by atoms with Crippen molar-refractivity contribution in [3.05, 3.63) is 11.5 Å². The molecule has 1 fully saturated rings. The van der Waals surface area contributed by atoms with Crippen LogP contribution in [0.25, 0.3) is 0 Å². The van der Waals surface area contributed by atoms with Crippen LogP contribution < -0.4 is 0 Å². The number of rotatable bonds is 2. The topological polar surface area (TPSA) is 0 Å². The van der Waals surface area contributed by atoms with Crippen molar-refractivity contribution in [2.24, 2.45) is 0 Å². The molecule has 1 saturated heterocycles. The molecule has 1 unspecified atom stereocenters. The van der Waals surface area contributed by atoms with Crippen molar-refractivity contribution in [1.29, 1.82) is 0 Å². The van der Waals surface area contributed by atoms with Crippen molar-refractivity contribution >= 4 is 23.5 Å². The van der Waals surface area contributed by atoms with E-state index in [2.05, 4.69) is 25.3 Å². The Bertz CT molecular complexity index is 118. The predicted molar refractivity (Wildman–Crippen MR) is 52.8 cm³/mol. The fourth-order valence-corrected chi connectivity index (χ4v) is 3.62. The van der Waals surface area contributed by atoms with E-state index in [0.29, 0.717) is 0 Å². The van der Waals surface area contributed by atoms with E-state index in [1.54, 1.807) is 0 Å². The van der Waals surface area contributed by atoms with Crippen LogP contribution in [0.15, 0.2) is 11.5 Å². The van der Waals surface area contributed by atoms with Crippen molar-refractivity contribution in [3.8, 4) is 0 Å². The quantitative estimate of drug-likeness (QED) is 0.631. The van der Waals surface area contributed by atoms with Crippen LogP contribution in [0.2, 0.25) is 0 Å². The summed E-state index contributed by atoms with van der Waals surface area (Å²) in [5.74, 6) is 2.58. The van der Waals surface area contributed by atoms with E-state index >= 15 is 0 Å². The van der Waals surface area contributed by atoms with E-state index in [0.717, 1.165) is 5.25 Å². The van der Waals surface area contributed by atoms with Crippen LogP contribution in [0.5, 0.6) is 0 Å². The maximum absolute atomic E-state index is 4.06. The molecule has 0 aromatic rings. The van der Waals surface area contributed by atoms with Crippen LogP contribution in [0.3, 0.4) is 0 Å². The standard InChI is InChI=1S/C8H14S2/c1-3-4-8-7(2)9-5-6-10-8/h8H,2-6H2,1H3. The second kappa shape index (κ2) is 4.35. The minimum Gasteiger partial charge on any atom is -0.152 e. The molecule has 0 saturated carbocycles. The van der Waals surface area contributed by atoms with E-state index in [4.69, 9.17) is 0 Å². The molecule has 58 valence electrons. The van der Waals surface area contributed by atoms with Crippen molar-refractivity contribution in [2.75, 3.05) is 11.5 Å². The molecule has 1 aliphatic rings. The first kappa shape index (κ1) is 8.54. The summed E-state index contributed by atoms with van der Waals surface area (Å²) in [6.07, 6.45) is 2.60.